The molecule has 0 N–H and O–H groups in total. The molecule has 0 radical (unpaired) electrons. The van der Waals surface area contributed by atoms with Gasteiger partial charge in [-0.3, -0.25) is 0 Å². The van der Waals surface area contributed by atoms with Crippen molar-refractivity contribution in [3.05, 3.63) is 297 Å². The molecule has 0 aliphatic carbocycles. The molecule has 0 saturated heterocycles. The zero-order valence-corrected chi connectivity index (χ0v) is 89.2. The van der Waals surface area contributed by atoms with E-state index in [0.29, 0.717) is 11.8 Å². The van der Waals surface area contributed by atoms with Crippen LogP contribution >= 0.6 is 0 Å². The topological polar surface area (TPSA) is 155 Å². The van der Waals surface area contributed by atoms with Crippen molar-refractivity contribution in [2.24, 2.45) is 0 Å². The molecular formula is C128H138N12. The van der Waals surface area contributed by atoms with Crippen LogP contribution in [0.15, 0.2) is 206 Å². The summed E-state index contributed by atoms with van der Waals surface area (Å²) in [6.45, 7) is 75.2. The Labute approximate surface area is 829 Å². The van der Waals surface area contributed by atoms with Crippen LogP contribution in [0.2, 0.25) is 0 Å². The van der Waals surface area contributed by atoms with E-state index in [9.17, 15) is 0 Å². The fourth-order valence-electron chi connectivity index (χ4n) is 20.2. The minimum atomic E-state index is -0.159. The molecule has 14 aromatic carbocycles. The van der Waals surface area contributed by atoms with Crippen molar-refractivity contribution in [3.63, 3.8) is 0 Å². The van der Waals surface area contributed by atoms with Crippen molar-refractivity contribution < 1.29 is 0 Å². The molecule has 0 unspecified atom stereocenters. The molecule has 12 nitrogen and oxygen atoms in total. The van der Waals surface area contributed by atoms with Crippen LogP contribution in [-0.4, -0.2) is 59.8 Å². The van der Waals surface area contributed by atoms with Crippen LogP contribution in [0, 0.1) is 41.5 Å². The minimum absolute atomic E-state index is 0.0934. The number of rotatable bonds is 10. The summed E-state index contributed by atoms with van der Waals surface area (Å²) in [6.07, 6.45) is 0. The van der Waals surface area contributed by atoms with Gasteiger partial charge in [0.1, 0.15) is 0 Å². The predicted octanol–water partition coefficient (Wildman–Crippen LogP) is 34.3. The number of aromatic nitrogens is 12. The first-order valence-electron chi connectivity index (χ1n) is 50.2. The van der Waals surface area contributed by atoms with Crippen LogP contribution in [0.4, 0.5) is 0 Å². The van der Waals surface area contributed by atoms with Crippen LogP contribution < -0.4 is 0 Å². The minimum Gasteiger partial charge on any atom is -0.233 e. The third kappa shape index (κ3) is 18.1. The van der Waals surface area contributed by atoms with Crippen LogP contribution in [-0.2, 0) is 43.3 Å². The maximum absolute atomic E-state index is 5.38. The Bertz CT molecular complexity index is 7660. The Kier molecular flexibility index (Phi) is 24.1. The van der Waals surface area contributed by atoms with Gasteiger partial charge in [-0.2, -0.15) is 0 Å². The Morgan fingerprint density at radius 1 is 0.171 bits per heavy atom. The first-order valence-corrected chi connectivity index (χ1v) is 50.2. The van der Waals surface area contributed by atoms with Crippen molar-refractivity contribution in [1.29, 1.82) is 0 Å². The summed E-state index contributed by atoms with van der Waals surface area (Å²) in [4.78, 5) is 61.8. The molecule has 0 aliphatic rings. The van der Waals surface area contributed by atoms with Gasteiger partial charge in [0.2, 0.25) is 0 Å². The summed E-state index contributed by atoms with van der Waals surface area (Å²) >= 11 is 0. The third-order valence-electron chi connectivity index (χ3n) is 28.1. The van der Waals surface area contributed by atoms with Gasteiger partial charge in [0.25, 0.3) is 0 Å². The van der Waals surface area contributed by atoms with Crippen LogP contribution in [0.3, 0.4) is 0 Å². The lowest BCUT2D eigenvalue weighted by atomic mass is 9.81. The summed E-state index contributed by atoms with van der Waals surface area (Å²) in [5.41, 5.74) is 27.7. The normalized spacial score (nSPS) is 12.9. The number of aryl methyl sites for hydroxylation is 6. The molecule has 0 bridgehead atoms. The van der Waals surface area contributed by atoms with E-state index in [4.69, 9.17) is 59.8 Å². The second kappa shape index (κ2) is 34.9. The molecule has 20 aromatic rings. The monoisotopic (exact) mass is 1840 g/mol. The van der Waals surface area contributed by atoms with Crippen LogP contribution in [0.5, 0.6) is 0 Å². The SMILES string of the molecule is CC(C)(C)c1cc(C(C)(C)C)nc(-c2ccc3ccc4c(-c5nc(C(C)(C)C)cc(C(C)(C)C)n5)ccc5ccc2c3c54)n1.Cc1cc(C)nc(-c2cc(C(C)C)c3ccc4c(-c5nc(C)cc(C)n5)cc(C(C)C)c5ccc2c3c45)n1.Cc1ccccc1-c1cc2c(-c3nc(C(C)(C)C)cc(C(C)(C)C)n3)ccc3c(-c4ccccc4C)cc4c(-c5nc(C(C)(C)C)cc(C(C)(C)C)n5)ccc1c4c23. The van der Waals surface area contributed by atoms with Crippen molar-refractivity contribution in [2.45, 2.75) is 291 Å². The van der Waals surface area contributed by atoms with Gasteiger partial charge in [-0.1, -0.05) is 315 Å². The molecule has 710 valence electrons. The second-order valence-corrected chi connectivity index (χ2v) is 48.5. The smallest absolute Gasteiger partial charge is 0.160 e. The number of hydrogen-bond donors (Lipinski definition) is 0. The lowest BCUT2D eigenvalue weighted by molar-refractivity contribution is 0.539. The van der Waals surface area contributed by atoms with Gasteiger partial charge in [-0.25, -0.2) is 59.8 Å². The highest BCUT2D eigenvalue weighted by atomic mass is 15.0. The fraction of sp³-hybridized carbons (Fsp3) is 0.344. The van der Waals surface area contributed by atoms with Crippen LogP contribution in [0.25, 0.3) is 188 Å². The Morgan fingerprint density at radius 2 is 0.379 bits per heavy atom. The lowest BCUT2D eigenvalue weighted by Gasteiger charge is -2.26. The van der Waals surface area contributed by atoms with Gasteiger partial charge in [0, 0.05) is 99.5 Å². The average Bonchev–Trinajstić information content (AvgIpc) is 0.696. The number of nitrogens with zero attached hydrogens (tertiary/aromatic N) is 12. The summed E-state index contributed by atoms with van der Waals surface area (Å²) < 4.78 is 0. The summed E-state index contributed by atoms with van der Waals surface area (Å²) in [5, 5.41) is 21.9. The van der Waals surface area contributed by atoms with E-state index in [1.807, 2.05) is 39.8 Å². The Morgan fingerprint density at radius 3 is 0.643 bits per heavy atom. The molecule has 6 aromatic heterocycles. The Hall–Kier alpha value is -13.3. The highest BCUT2D eigenvalue weighted by Gasteiger charge is 2.34. The molecule has 20 rings (SSSR count). The van der Waals surface area contributed by atoms with Crippen molar-refractivity contribution in [1.82, 2.24) is 59.8 Å². The molecule has 140 heavy (non-hydrogen) atoms. The van der Waals surface area contributed by atoms with E-state index in [2.05, 4.69) is 402 Å². The first-order chi connectivity index (χ1) is 65.5. The van der Waals surface area contributed by atoms with Gasteiger partial charge >= 0.3 is 0 Å². The Balaban J connectivity index is 0.000000143. The zero-order valence-electron chi connectivity index (χ0n) is 89.2. The van der Waals surface area contributed by atoms with Crippen molar-refractivity contribution >= 4 is 97.0 Å². The molecule has 0 amide bonds. The quantitative estimate of drug-likeness (QED) is 0.120. The fourth-order valence-corrected chi connectivity index (χ4v) is 20.2. The maximum Gasteiger partial charge on any atom is 0.160 e. The van der Waals surface area contributed by atoms with E-state index in [-0.39, 0.29) is 43.3 Å². The molecule has 0 aliphatic heterocycles. The van der Waals surface area contributed by atoms with Crippen LogP contribution in [0.1, 0.15) is 296 Å². The summed E-state index contributed by atoms with van der Waals surface area (Å²) in [6, 6.07) is 76.0. The van der Waals surface area contributed by atoms with Gasteiger partial charge < -0.3 is 0 Å². The van der Waals surface area contributed by atoms with E-state index in [1.165, 1.54) is 131 Å². The van der Waals surface area contributed by atoms with Gasteiger partial charge in [0.15, 0.2) is 34.9 Å². The molecule has 0 saturated carbocycles. The van der Waals surface area contributed by atoms with E-state index < -0.39 is 0 Å². The van der Waals surface area contributed by atoms with E-state index in [0.717, 1.165) is 147 Å². The average molecular weight is 1840 g/mol. The van der Waals surface area contributed by atoms with E-state index >= 15 is 0 Å². The standard InChI is InChI=1S/C54H58N4.C40H46N4.C34H34N4/c1-31-19-15-17-21-33(31)39-27-41-37(49-55-43(51(3,4)5)29-44(56-49)52(6,7)8)26-24-36-40(34-22-18-16-20-32(34)2)28-42-38(25-23-35(39)47(42)48(36)41)50-57-45(53(9,10)11)30-46(58-50)54(12,13)14;1-37(2,3)29-21-30(38(4,5)6)42-35(41-29)27-19-15-23-14-18-26-28(20-16-24-13-17-25(27)33(23)34(24)26)36-43-31(39(7,8)9)22-32(44-36)40(10,11)12;1-17(2)27-15-29(33-35-19(5)13-20(6)36-33)25-12-10-24-28(18(3)4)16-30(34-37-21(7)14-22(8)38-34)26-11-9-23(27)31(25)32(24)26/h15-30H,1-14H3;13-22H,1-12H3;9-18H,1-8H3. The number of benzene rings is 14. The number of hydrogen-bond acceptors (Lipinski definition) is 12. The van der Waals surface area contributed by atoms with Gasteiger partial charge in [-0.15, -0.1) is 0 Å². The largest absolute Gasteiger partial charge is 0.233 e. The molecule has 0 fully saturated rings. The first kappa shape index (κ1) is 96.9. The van der Waals surface area contributed by atoms with Gasteiger partial charge in [-0.05, 0) is 280 Å². The summed E-state index contributed by atoms with van der Waals surface area (Å²) in [7, 11) is 0. The third-order valence-corrected chi connectivity index (χ3v) is 28.1. The van der Waals surface area contributed by atoms with Crippen molar-refractivity contribution in [2.75, 3.05) is 0 Å². The van der Waals surface area contributed by atoms with Crippen molar-refractivity contribution in [3.8, 4) is 90.6 Å². The molecule has 6 heterocycles. The molecule has 0 spiro atoms. The summed E-state index contributed by atoms with van der Waals surface area (Å²) in [5.74, 6) is 5.41. The maximum atomic E-state index is 5.38. The van der Waals surface area contributed by atoms with Gasteiger partial charge in [0.05, 0.1) is 45.6 Å². The molecular weight excluding hydrogens is 1710 g/mol. The predicted molar refractivity (Wildman–Crippen MR) is 594 cm³/mol. The van der Waals surface area contributed by atoms with E-state index in [1.54, 1.807) is 0 Å². The highest BCUT2D eigenvalue weighted by Crippen LogP contribution is 2.53. The lowest BCUT2D eigenvalue weighted by Crippen LogP contribution is -2.20. The zero-order chi connectivity index (χ0) is 101. The molecule has 0 atom stereocenters. The molecule has 12 heteroatoms. The highest BCUT2D eigenvalue weighted by molar-refractivity contribution is 6.34. The second-order valence-electron chi connectivity index (χ2n) is 48.5.